The van der Waals surface area contributed by atoms with E-state index in [9.17, 15) is 14.0 Å². The molecule has 0 aliphatic carbocycles. The molecule has 1 unspecified atom stereocenters. The van der Waals surface area contributed by atoms with Crippen molar-refractivity contribution in [1.82, 2.24) is 0 Å². The number of aryl methyl sites for hydroxylation is 1. The molecule has 0 aromatic heterocycles. The number of hydrogen-bond donors (Lipinski definition) is 0. The first-order valence-electron chi connectivity index (χ1n) is 5.78. The van der Waals surface area contributed by atoms with Gasteiger partial charge in [0.15, 0.2) is 0 Å². The summed E-state index contributed by atoms with van der Waals surface area (Å²) in [5, 5.41) is 0. The third-order valence-corrected chi connectivity index (χ3v) is 3.80. The topological polar surface area (TPSA) is 46.6 Å². The lowest BCUT2D eigenvalue weighted by Crippen LogP contribution is -2.27. The lowest BCUT2D eigenvalue weighted by atomic mass is 10.1. The minimum absolute atomic E-state index is 0.101. The van der Waals surface area contributed by atoms with Gasteiger partial charge in [0.2, 0.25) is 5.91 Å². The van der Waals surface area contributed by atoms with E-state index >= 15 is 0 Å². The van der Waals surface area contributed by atoms with Gasteiger partial charge in [0.1, 0.15) is 5.82 Å². The highest BCUT2D eigenvalue weighted by Gasteiger charge is 2.36. The number of ether oxygens (including phenoxy) is 1. The van der Waals surface area contributed by atoms with E-state index in [1.807, 2.05) is 0 Å². The number of rotatable bonds is 2. The molecule has 1 saturated heterocycles. The molecular weight excluding hydrogens is 317 g/mol. The zero-order chi connectivity index (χ0) is 14.2. The molecule has 1 amide bonds. The van der Waals surface area contributed by atoms with Crippen LogP contribution in [0.1, 0.15) is 12.0 Å². The Morgan fingerprint density at radius 1 is 1.53 bits per heavy atom. The standard InChI is InChI=1S/C13H13BrFNO3/c1-7-3-9(14)10(15)5-11(7)16-6-8(4-12(16)17)13(18)19-2/h3,5,8H,4,6H2,1-2H3. The van der Waals surface area contributed by atoms with Crippen LogP contribution in [0.15, 0.2) is 16.6 Å². The number of carbonyl (C=O) groups excluding carboxylic acids is 2. The highest BCUT2D eigenvalue weighted by molar-refractivity contribution is 9.10. The maximum atomic E-state index is 13.6. The molecule has 19 heavy (non-hydrogen) atoms. The molecule has 4 nitrogen and oxygen atoms in total. The van der Waals surface area contributed by atoms with E-state index in [-0.39, 0.29) is 18.9 Å². The molecule has 2 rings (SSSR count). The van der Waals surface area contributed by atoms with E-state index in [4.69, 9.17) is 0 Å². The number of anilines is 1. The number of esters is 1. The van der Waals surface area contributed by atoms with Gasteiger partial charge in [-0.2, -0.15) is 0 Å². The molecule has 1 aliphatic rings. The summed E-state index contributed by atoms with van der Waals surface area (Å²) in [6.07, 6.45) is 0.101. The number of benzene rings is 1. The Kier molecular flexibility index (Phi) is 3.89. The van der Waals surface area contributed by atoms with Gasteiger partial charge in [0.25, 0.3) is 0 Å². The SMILES string of the molecule is COC(=O)C1CC(=O)N(c2cc(F)c(Br)cc2C)C1. The van der Waals surface area contributed by atoms with Crippen LogP contribution < -0.4 is 4.90 Å². The van der Waals surface area contributed by atoms with Gasteiger partial charge in [-0.1, -0.05) is 0 Å². The molecule has 6 heteroatoms. The zero-order valence-corrected chi connectivity index (χ0v) is 12.2. The molecule has 1 heterocycles. The van der Waals surface area contributed by atoms with Gasteiger partial charge in [0.05, 0.1) is 17.5 Å². The fourth-order valence-corrected chi connectivity index (χ4v) is 2.65. The smallest absolute Gasteiger partial charge is 0.311 e. The maximum Gasteiger partial charge on any atom is 0.311 e. The van der Waals surface area contributed by atoms with Crippen molar-refractivity contribution in [2.24, 2.45) is 5.92 Å². The van der Waals surface area contributed by atoms with Crippen molar-refractivity contribution >= 4 is 33.5 Å². The van der Waals surface area contributed by atoms with Crippen LogP contribution in [-0.2, 0) is 14.3 Å². The number of nitrogens with zero attached hydrogens (tertiary/aromatic N) is 1. The zero-order valence-electron chi connectivity index (χ0n) is 10.6. The molecule has 0 saturated carbocycles. The number of amides is 1. The normalized spacial score (nSPS) is 18.8. The van der Waals surface area contributed by atoms with E-state index in [0.29, 0.717) is 10.2 Å². The van der Waals surface area contributed by atoms with Gasteiger partial charge in [-0.3, -0.25) is 9.59 Å². The molecule has 1 aromatic carbocycles. The van der Waals surface area contributed by atoms with Gasteiger partial charge in [-0.05, 0) is 40.5 Å². The van der Waals surface area contributed by atoms with Crippen LogP contribution in [0.4, 0.5) is 10.1 Å². The first-order chi connectivity index (χ1) is 8.93. The quantitative estimate of drug-likeness (QED) is 0.783. The average Bonchev–Trinajstić information content (AvgIpc) is 2.75. The summed E-state index contributed by atoms with van der Waals surface area (Å²) in [5.74, 6) is -1.52. The van der Waals surface area contributed by atoms with Crippen molar-refractivity contribution in [2.75, 3.05) is 18.6 Å². The van der Waals surface area contributed by atoms with Crippen molar-refractivity contribution in [3.05, 3.63) is 28.0 Å². The monoisotopic (exact) mass is 329 g/mol. The molecule has 1 aliphatic heterocycles. The van der Waals surface area contributed by atoms with Crippen molar-refractivity contribution in [3.63, 3.8) is 0 Å². The Bertz CT molecular complexity index is 547. The Labute approximate surface area is 118 Å². The lowest BCUT2D eigenvalue weighted by molar-refractivity contribution is -0.145. The van der Waals surface area contributed by atoms with Gasteiger partial charge < -0.3 is 9.64 Å². The van der Waals surface area contributed by atoms with Crippen molar-refractivity contribution in [2.45, 2.75) is 13.3 Å². The Morgan fingerprint density at radius 3 is 2.84 bits per heavy atom. The molecule has 0 N–H and O–H groups in total. The van der Waals surface area contributed by atoms with E-state index in [1.54, 1.807) is 13.0 Å². The highest BCUT2D eigenvalue weighted by Crippen LogP contribution is 2.31. The van der Waals surface area contributed by atoms with E-state index in [2.05, 4.69) is 20.7 Å². The lowest BCUT2D eigenvalue weighted by Gasteiger charge is -2.19. The van der Waals surface area contributed by atoms with Crippen molar-refractivity contribution < 1.29 is 18.7 Å². The van der Waals surface area contributed by atoms with Crippen LogP contribution in [0.3, 0.4) is 0 Å². The summed E-state index contributed by atoms with van der Waals surface area (Å²) >= 11 is 3.10. The van der Waals surface area contributed by atoms with Gasteiger partial charge in [-0.25, -0.2) is 4.39 Å². The second-order valence-electron chi connectivity index (χ2n) is 4.48. The highest BCUT2D eigenvalue weighted by atomic mass is 79.9. The van der Waals surface area contributed by atoms with Crippen LogP contribution in [0, 0.1) is 18.7 Å². The predicted molar refractivity (Wildman–Crippen MR) is 71.3 cm³/mol. The van der Waals surface area contributed by atoms with E-state index in [0.717, 1.165) is 5.56 Å². The van der Waals surface area contributed by atoms with Gasteiger partial charge >= 0.3 is 5.97 Å². The second kappa shape index (κ2) is 5.28. The fourth-order valence-electron chi connectivity index (χ4n) is 2.19. The minimum Gasteiger partial charge on any atom is -0.469 e. The summed E-state index contributed by atoms with van der Waals surface area (Å²) in [4.78, 5) is 24.8. The summed E-state index contributed by atoms with van der Waals surface area (Å²) in [6.45, 7) is 2.02. The molecule has 0 bridgehead atoms. The fraction of sp³-hybridized carbons (Fsp3) is 0.385. The van der Waals surface area contributed by atoms with Crippen LogP contribution in [-0.4, -0.2) is 25.5 Å². The van der Waals surface area contributed by atoms with Gasteiger partial charge in [0, 0.05) is 18.7 Å². The first-order valence-corrected chi connectivity index (χ1v) is 6.57. The second-order valence-corrected chi connectivity index (χ2v) is 5.34. The number of methoxy groups -OCH3 is 1. The molecule has 1 fully saturated rings. The van der Waals surface area contributed by atoms with Crippen molar-refractivity contribution in [3.8, 4) is 0 Å². The molecular formula is C13H13BrFNO3. The summed E-state index contributed by atoms with van der Waals surface area (Å²) in [6, 6.07) is 2.92. The number of carbonyl (C=O) groups is 2. The van der Waals surface area contributed by atoms with Crippen LogP contribution >= 0.6 is 15.9 Å². The van der Waals surface area contributed by atoms with Crippen LogP contribution in [0.25, 0.3) is 0 Å². The molecule has 0 radical (unpaired) electrons. The predicted octanol–water partition coefficient (Wildman–Crippen LogP) is 2.42. The third-order valence-electron chi connectivity index (χ3n) is 3.19. The van der Waals surface area contributed by atoms with Crippen molar-refractivity contribution in [1.29, 1.82) is 0 Å². The molecule has 102 valence electrons. The maximum absolute atomic E-state index is 13.6. The summed E-state index contributed by atoms with van der Waals surface area (Å²) < 4.78 is 18.6. The Hall–Kier alpha value is -1.43. The molecule has 0 spiro atoms. The Morgan fingerprint density at radius 2 is 2.21 bits per heavy atom. The van der Waals surface area contributed by atoms with Crippen LogP contribution in [0.2, 0.25) is 0 Å². The third kappa shape index (κ3) is 2.63. The van der Waals surface area contributed by atoms with E-state index in [1.165, 1.54) is 18.1 Å². The van der Waals surface area contributed by atoms with Gasteiger partial charge in [-0.15, -0.1) is 0 Å². The number of hydrogen-bond acceptors (Lipinski definition) is 3. The summed E-state index contributed by atoms with van der Waals surface area (Å²) in [7, 11) is 1.29. The largest absolute Gasteiger partial charge is 0.469 e. The minimum atomic E-state index is -0.483. The average molecular weight is 330 g/mol. The molecule has 1 aromatic rings. The number of halogens is 2. The van der Waals surface area contributed by atoms with E-state index < -0.39 is 17.7 Å². The molecule has 1 atom stereocenters. The Balaban J connectivity index is 2.30. The first kappa shape index (κ1) is 14.0. The van der Waals surface area contributed by atoms with Crippen LogP contribution in [0.5, 0.6) is 0 Å². The summed E-state index contributed by atoms with van der Waals surface area (Å²) in [5.41, 5.74) is 1.27.